The highest BCUT2D eigenvalue weighted by Crippen LogP contribution is 1.89. The van der Waals surface area contributed by atoms with Crippen LogP contribution in [0.3, 0.4) is 0 Å². The van der Waals surface area contributed by atoms with Gasteiger partial charge < -0.3 is 5.43 Å². The van der Waals surface area contributed by atoms with Gasteiger partial charge >= 0.3 is 0 Å². The molecule has 0 aliphatic rings. The molecule has 0 bridgehead atoms. The predicted molar refractivity (Wildman–Crippen MR) is 75.8 cm³/mol. The fraction of sp³-hybridized carbons (Fsp3) is 0.583. The largest absolute Gasteiger partial charge is 0.303 e. The van der Waals surface area contributed by atoms with E-state index >= 15 is 0 Å². The van der Waals surface area contributed by atoms with E-state index in [0.717, 1.165) is 12.1 Å². The van der Waals surface area contributed by atoms with E-state index in [1.807, 2.05) is 13.8 Å². The van der Waals surface area contributed by atoms with Gasteiger partial charge in [0.25, 0.3) is 0 Å². The number of amidine groups is 1. The molecule has 5 heteroatoms. The third kappa shape index (κ3) is 8.33. The highest BCUT2D eigenvalue weighted by molar-refractivity contribution is 6.40. The number of nitrogens with one attached hydrogen (secondary N) is 2. The lowest BCUT2D eigenvalue weighted by Crippen LogP contribution is -2.38. The molecular weight excluding hydrogens is 214 g/mol. The second-order valence-electron chi connectivity index (χ2n) is 3.38. The van der Waals surface area contributed by atoms with Crippen LogP contribution in [0.15, 0.2) is 27.3 Å². The first-order valence-electron chi connectivity index (χ1n) is 5.91. The molecule has 0 aromatic carbocycles. The average Bonchev–Trinajstić information content (AvgIpc) is 2.34. The summed E-state index contributed by atoms with van der Waals surface area (Å²) in [6.45, 7) is 6.55. The smallest absolute Gasteiger partial charge is 0.183 e. The molecule has 96 valence electrons. The molecule has 2 N–H and O–H groups in total. The van der Waals surface area contributed by atoms with Crippen molar-refractivity contribution in [1.82, 2.24) is 10.9 Å². The molecule has 0 aromatic rings. The van der Waals surface area contributed by atoms with Crippen LogP contribution in [-0.4, -0.2) is 31.4 Å². The summed E-state index contributed by atoms with van der Waals surface area (Å²) in [5.41, 5.74) is 6.54. The van der Waals surface area contributed by atoms with Crippen molar-refractivity contribution in [2.24, 2.45) is 15.2 Å². The molecule has 0 aliphatic carbocycles. The maximum atomic E-state index is 4.39. The zero-order chi connectivity index (χ0) is 12.9. The molecule has 0 radical (unpaired) electrons. The minimum absolute atomic E-state index is 0.634. The number of unbranched alkanes of at least 4 members (excludes halogenated alkanes) is 1. The van der Waals surface area contributed by atoms with Crippen LogP contribution in [0.1, 0.15) is 33.6 Å². The first-order valence-corrected chi connectivity index (χ1v) is 5.91. The summed E-state index contributed by atoms with van der Waals surface area (Å²) in [7, 11) is 1.78. The summed E-state index contributed by atoms with van der Waals surface area (Å²) in [6, 6.07) is 0. The van der Waals surface area contributed by atoms with Crippen molar-refractivity contribution in [3.05, 3.63) is 12.2 Å². The van der Waals surface area contributed by atoms with E-state index in [-0.39, 0.29) is 0 Å². The van der Waals surface area contributed by atoms with Crippen molar-refractivity contribution < 1.29 is 0 Å². The first kappa shape index (κ1) is 15.5. The summed E-state index contributed by atoms with van der Waals surface area (Å²) < 4.78 is 0. The number of hydrogen-bond acceptors (Lipinski definition) is 4. The Hall–Kier alpha value is -1.49. The van der Waals surface area contributed by atoms with Gasteiger partial charge in [-0.2, -0.15) is 5.10 Å². The summed E-state index contributed by atoms with van der Waals surface area (Å²) in [6.07, 6.45) is 8.10. The zero-order valence-corrected chi connectivity index (χ0v) is 11.2. The Kier molecular flexibility index (Phi) is 10.0. The molecule has 0 unspecified atom stereocenters. The van der Waals surface area contributed by atoms with Crippen molar-refractivity contribution in [3.63, 3.8) is 0 Å². The summed E-state index contributed by atoms with van der Waals surface area (Å²) in [5.74, 6) is 0.634. The lowest BCUT2D eigenvalue weighted by Gasteiger charge is -2.05. The van der Waals surface area contributed by atoms with E-state index < -0.39 is 0 Å². The normalized spacial score (nSPS) is 13.9. The van der Waals surface area contributed by atoms with E-state index in [1.54, 1.807) is 13.3 Å². The van der Waals surface area contributed by atoms with E-state index in [0.29, 0.717) is 12.4 Å². The third-order valence-corrected chi connectivity index (χ3v) is 1.92. The minimum Gasteiger partial charge on any atom is -0.303 e. The van der Waals surface area contributed by atoms with Crippen molar-refractivity contribution >= 4 is 17.8 Å². The van der Waals surface area contributed by atoms with Gasteiger partial charge in [0.05, 0.1) is 12.3 Å². The van der Waals surface area contributed by atoms with Gasteiger partial charge in [-0.3, -0.25) is 4.99 Å². The molecule has 17 heavy (non-hydrogen) atoms. The molecule has 0 fully saturated rings. The van der Waals surface area contributed by atoms with Gasteiger partial charge in [-0.15, -0.1) is 5.10 Å². The molecule has 0 aliphatic heterocycles. The van der Waals surface area contributed by atoms with Gasteiger partial charge in [0.15, 0.2) is 5.84 Å². The second-order valence-corrected chi connectivity index (χ2v) is 3.38. The van der Waals surface area contributed by atoms with Crippen molar-refractivity contribution in [1.29, 1.82) is 0 Å². The summed E-state index contributed by atoms with van der Waals surface area (Å²) >= 11 is 0. The maximum absolute atomic E-state index is 4.39. The fourth-order valence-electron chi connectivity index (χ4n) is 1.05. The molecule has 0 spiro atoms. The molecule has 0 saturated carbocycles. The SMILES string of the molecule is CC=NN=C(NNC)C(C)=NC/C=C\CCC. The lowest BCUT2D eigenvalue weighted by atomic mass is 10.3. The Bertz CT molecular complexity index is 302. The molecule has 5 nitrogen and oxygen atoms in total. The number of hydrazine groups is 1. The van der Waals surface area contributed by atoms with Crippen LogP contribution in [0.4, 0.5) is 0 Å². The Labute approximate surface area is 104 Å². The monoisotopic (exact) mass is 237 g/mol. The van der Waals surface area contributed by atoms with E-state index in [4.69, 9.17) is 0 Å². The van der Waals surface area contributed by atoms with Crippen LogP contribution in [0.25, 0.3) is 0 Å². The van der Waals surface area contributed by atoms with Crippen LogP contribution in [0.2, 0.25) is 0 Å². The van der Waals surface area contributed by atoms with Gasteiger partial charge in [-0.05, 0) is 20.3 Å². The Morgan fingerprint density at radius 3 is 2.65 bits per heavy atom. The molecule has 0 atom stereocenters. The maximum Gasteiger partial charge on any atom is 0.183 e. The van der Waals surface area contributed by atoms with E-state index in [1.165, 1.54) is 6.42 Å². The van der Waals surface area contributed by atoms with Crippen LogP contribution < -0.4 is 10.9 Å². The number of hydrogen-bond donors (Lipinski definition) is 2. The third-order valence-electron chi connectivity index (χ3n) is 1.92. The second kappa shape index (κ2) is 11.0. The van der Waals surface area contributed by atoms with E-state index in [9.17, 15) is 0 Å². The molecule has 0 heterocycles. The van der Waals surface area contributed by atoms with Crippen molar-refractivity contribution in [2.45, 2.75) is 33.6 Å². The van der Waals surface area contributed by atoms with Crippen LogP contribution in [0.5, 0.6) is 0 Å². The molecule has 0 saturated heterocycles. The molecule has 0 rings (SSSR count). The topological polar surface area (TPSA) is 61.1 Å². The number of nitrogens with zero attached hydrogens (tertiary/aromatic N) is 3. The highest BCUT2D eigenvalue weighted by Gasteiger charge is 2.00. The molecular formula is C12H23N5. The van der Waals surface area contributed by atoms with Gasteiger partial charge in [0.2, 0.25) is 0 Å². The van der Waals surface area contributed by atoms with Crippen LogP contribution in [0, 0.1) is 0 Å². The lowest BCUT2D eigenvalue weighted by molar-refractivity contribution is 0.770. The number of rotatable bonds is 7. The van der Waals surface area contributed by atoms with E-state index in [2.05, 4.69) is 45.1 Å². The summed E-state index contributed by atoms with van der Waals surface area (Å²) in [4.78, 5) is 4.39. The molecule has 0 aromatic heterocycles. The predicted octanol–water partition coefficient (Wildman–Crippen LogP) is 1.93. The Morgan fingerprint density at radius 2 is 2.06 bits per heavy atom. The summed E-state index contributed by atoms with van der Waals surface area (Å²) in [5, 5.41) is 7.84. The number of aliphatic imine (C=N–C) groups is 1. The zero-order valence-electron chi connectivity index (χ0n) is 11.2. The first-order chi connectivity index (χ1) is 8.26. The van der Waals surface area contributed by atoms with Gasteiger partial charge in [-0.25, -0.2) is 5.43 Å². The Morgan fingerprint density at radius 1 is 1.29 bits per heavy atom. The van der Waals surface area contributed by atoms with Crippen molar-refractivity contribution in [3.8, 4) is 0 Å². The number of allylic oxidation sites excluding steroid dienone is 1. The minimum atomic E-state index is 0.634. The molecule has 0 amide bonds. The van der Waals surface area contributed by atoms with Crippen LogP contribution in [-0.2, 0) is 0 Å². The van der Waals surface area contributed by atoms with Crippen LogP contribution >= 0.6 is 0 Å². The van der Waals surface area contributed by atoms with Gasteiger partial charge in [0, 0.05) is 13.3 Å². The van der Waals surface area contributed by atoms with Gasteiger partial charge in [-0.1, -0.05) is 25.5 Å². The quantitative estimate of drug-likeness (QED) is 0.307. The van der Waals surface area contributed by atoms with Crippen molar-refractivity contribution in [2.75, 3.05) is 13.6 Å². The standard InChI is InChI=1S/C12H23N5/c1-5-7-8-9-10-14-11(3)12(16-13-4)17-15-6-2/h6,8-9,13H,5,7,10H2,1-4H3,(H,16,17)/b9-8-,14-11?,15-6?. The Balaban J connectivity index is 4.39. The highest BCUT2D eigenvalue weighted by atomic mass is 15.4. The van der Waals surface area contributed by atoms with Gasteiger partial charge in [0.1, 0.15) is 0 Å². The average molecular weight is 237 g/mol. The fourth-order valence-corrected chi connectivity index (χ4v) is 1.05.